The lowest BCUT2D eigenvalue weighted by atomic mass is 10.1. The molecule has 1 aliphatic carbocycles. The summed E-state index contributed by atoms with van der Waals surface area (Å²) in [5, 5.41) is 2.54. The van der Waals surface area contributed by atoms with Crippen molar-refractivity contribution in [3.8, 4) is 0 Å². The molecule has 1 heterocycles. The maximum absolute atomic E-state index is 14.6. The third kappa shape index (κ3) is 5.37. The molecule has 1 unspecified atom stereocenters. The van der Waals surface area contributed by atoms with Gasteiger partial charge < -0.3 is 19.7 Å². The molecule has 8 nitrogen and oxygen atoms in total. The number of carbonyl (C=O) groups is 3. The number of carbonyl (C=O) groups excluding carboxylic acids is 3. The number of nitrogens with zero attached hydrogens (tertiary/aromatic N) is 2. The fourth-order valence-corrected chi connectivity index (χ4v) is 3.33. The van der Waals surface area contributed by atoms with E-state index < -0.39 is 29.9 Å². The first-order valence-electron chi connectivity index (χ1n) is 9.82. The Hall–Kier alpha value is -2.91. The number of anilines is 1. The van der Waals surface area contributed by atoms with Crippen LogP contribution in [0.3, 0.4) is 0 Å². The van der Waals surface area contributed by atoms with Crippen molar-refractivity contribution in [2.75, 3.05) is 38.2 Å². The number of halogens is 2. The first-order chi connectivity index (χ1) is 14.3. The van der Waals surface area contributed by atoms with Crippen LogP contribution in [0.1, 0.15) is 25.3 Å². The minimum absolute atomic E-state index is 0.0185. The van der Waals surface area contributed by atoms with Crippen LogP contribution in [0.4, 0.5) is 24.1 Å². The Morgan fingerprint density at radius 1 is 1.30 bits per heavy atom. The lowest BCUT2D eigenvalue weighted by Gasteiger charge is -2.21. The van der Waals surface area contributed by atoms with E-state index in [4.69, 9.17) is 9.47 Å². The van der Waals surface area contributed by atoms with Crippen LogP contribution in [0.25, 0.3) is 0 Å². The summed E-state index contributed by atoms with van der Waals surface area (Å²) in [5.41, 5.74) is -0.127. The van der Waals surface area contributed by atoms with Gasteiger partial charge in [-0.15, -0.1) is 0 Å². The number of nitrogens with one attached hydrogen (secondary N) is 1. The molecule has 1 N–H and O–H groups in total. The number of methoxy groups -OCH3 is 1. The van der Waals surface area contributed by atoms with Crippen molar-refractivity contribution in [2.45, 2.75) is 32.3 Å². The number of cyclic esters (lactones) is 1. The van der Waals surface area contributed by atoms with E-state index in [-0.39, 0.29) is 43.2 Å². The Morgan fingerprint density at radius 3 is 2.53 bits per heavy atom. The summed E-state index contributed by atoms with van der Waals surface area (Å²) in [7, 11) is 1.27. The minimum Gasteiger partial charge on any atom is -0.453 e. The van der Waals surface area contributed by atoms with E-state index in [1.54, 1.807) is 0 Å². The molecule has 1 saturated heterocycles. The molecular weight excluding hydrogens is 400 g/mol. The number of rotatable bonds is 8. The van der Waals surface area contributed by atoms with Gasteiger partial charge >= 0.3 is 12.2 Å². The Kier molecular flexibility index (Phi) is 6.73. The first-order valence-corrected chi connectivity index (χ1v) is 9.82. The zero-order valence-corrected chi connectivity index (χ0v) is 17.0. The van der Waals surface area contributed by atoms with Crippen LogP contribution in [0, 0.1) is 17.6 Å². The van der Waals surface area contributed by atoms with Crippen LogP contribution in [0.2, 0.25) is 0 Å². The molecule has 10 heteroatoms. The van der Waals surface area contributed by atoms with Crippen molar-refractivity contribution in [3.05, 3.63) is 29.3 Å². The molecule has 0 spiro atoms. The van der Waals surface area contributed by atoms with Gasteiger partial charge in [-0.05, 0) is 37.3 Å². The van der Waals surface area contributed by atoms with Gasteiger partial charge in [0.15, 0.2) is 0 Å². The molecule has 3 amide bonds. The molecule has 164 valence electrons. The van der Waals surface area contributed by atoms with Crippen LogP contribution in [0.15, 0.2) is 12.1 Å². The van der Waals surface area contributed by atoms with Crippen molar-refractivity contribution in [1.29, 1.82) is 0 Å². The normalized spacial score (nSPS) is 18.2. The summed E-state index contributed by atoms with van der Waals surface area (Å²) in [6.07, 6.45) is 0.167. The quantitative estimate of drug-likeness (QED) is 0.691. The van der Waals surface area contributed by atoms with Crippen molar-refractivity contribution in [1.82, 2.24) is 10.2 Å². The van der Waals surface area contributed by atoms with E-state index >= 15 is 0 Å². The molecule has 0 aromatic heterocycles. The number of amides is 3. The van der Waals surface area contributed by atoms with Crippen LogP contribution in [-0.2, 0) is 20.7 Å². The Morgan fingerprint density at radius 2 is 1.97 bits per heavy atom. The van der Waals surface area contributed by atoms with Gasteiger partial charge in [-0.2, -0.15) is 0 Å². The van der Waals surface area contributed by atoms with E-state index in [1.165, 1.54) is 18.9 Å². The summed E-state index contributed by atoms with van der Waals surface area (Å²) in [5.74, 6) is -1.47. The second-order valence-corrected chi connectivity index (χ2v) is 7.55. The molecular formula is C20H25F2N3O5. The van der Waals surface area contributed by atoms with Crippen LogP contribution < -0.4 is 10.2 Å². The monoisotopic (exact) mass is 425 g/mol. The van der Waals surface area contributed by atoms with Crippen molar-refractivity contribution in [3.63, 3.8) is 0 Å². The summed E-state index contributed by atoms with van der Waals surface area (Å²) in [4.78, 5) is 37.5. The van der Waals surface area contributed by atoms with Gasteiger partial charge in [0.05, 0.1) is 25.9 Å². The SMILES string of the molecule is COC(=O)N(CCc1c(F)cc(N2CC(CNC(C)=O)OC2=O)cc1F)CC1CC1. The van der Waals surface area contributed by atoms with Gasteiger partial charge in [0, 0.05) is 25.6 Å². The van der Waals surface area contributed by atoms with Gasteiger partial charge in [-0.1, -0.05) is 0 Å². The standard InChI is InChI=1S/C20H25F2N3O5/c1-12(26)23-9-15-11-25(20(28)30-15)14-7-17(21)16(18(22)8-14)5-6-24(19(27)29-2)10-13-3-4-13/h7-8,13,15H,3-6,9-11H2,1-2H3,(H,23,26). The molecule has 2 aliphatic rings. The van der Waals surface area contributed by atoms with E-state index in [0.29, 0.717) is 12.5 Å². The van der Waals surface area contributed by atoms with Crippen molar-refractivity contribution < 1.29 is 32.6 Å². The molecule has 3 rings (SSSR count). The lowest BCUT2D eigenvalue weighted by Crippen LogP contribution is -2.35. The van der Waals surface area contributed by atoms with E-state index in [2.05, 4.69) is 5.32 Å². The summed E-state index contributed by atoms with van der Waals surface area (Å²) in [6, 6.07) is 2.15. The largest absolute Gasteiger partial charge is 0.453 e. The molecule has 1 aromatic carbocycles. The summed E-state index contributed by atoms with van der Waals surface area (Å²) < 4.78 is 39.1. The Labute approximate surface area is 173 Å². The first kappa shape index (κ1) is 21.8. The molecule has 1 aliphatic heterocycles. The maximum atomic E-state index is 14.6. The second-order valence-electron chi connectivity index (χ2n) is 7.55. The summed E-state index contributed by atoms with van der Waals surface area (Å²) >= 11 is 0. The number of hydrogen-bond donors (Lipinski definition) is 1. The van der Waals surface area contributed by atoms with E-state index in [0.717, 1.165) is 29.9 Å². The molecule has 2 fully saturated rings. The highest BCUT2D eigenvalue weighted by Gasteiger charge is 2.33. The van der Waals surface area contributed by atoms with E-state index in [1.807, 2.05) is 0 Å². The van der Waals surface area contributed by atoms with Crippen molar-refractivity contribution in [2.24, 2.45) is 5.92 Å². The fourth-order valence-electron chi connectivity index (χ4n) is 3.33. The maximum Gasteiger partial charge on any atom is 0.414 e. The van der Waals surface area contributed by atoms with Gasteiger partial charge in [-0.25, -0.2) is 18.4 Å². The number of hydrogen-bond acceptors (Lipinski definition) is 5. The van der Waals surface area contributed by atoms with Crippen LogP contribution in [-0.4, -0.2) is 62.4 Å². The smallest absolute Gasteiger partial charge is 0.414 e. The highest BCUT2D eigenvalue weighted by molar-refractivity contribution is 5.89. The highest BCUT2D eigenvalue weighted by atomic mass is 19.1. The van der Waals surface area contributed by atoms with Crippen LogP contribution >= 0.6 is 0 Å². The molecule has 1 aromatic rings. The van der Waals surface area contributed by atoms with Crippen LogP contribution in [0.5, 0.6) is 0 Å². The van der Waals surface area contributed by atoms with Gasteiger partial charge in [0.1, 0.15) is 17.7 Å². The Bertz CT molecular complexity index is 808. The molecule has 30 heavy (non-hydrogen) atoms. The third-order valence-corrected chi connectivity index (χ3v) is 5.13. The van der Waals surface area contributed by atoms with E-state index in [9.17, 15) is 23.2 Å². The average Bonchev–Trinajstić information content (AvgIpc) is 3.43. The molecule has 0 bridgehead atoms. The molecule has 0 radical (unpaired) electrons. The lowest BCUT2D eigenvalue weighted by molar-refractivity contribution is -0.119. The van der Waals surface area contributed by atoms with Gasteiger partial charge in [0.25, 0.3) is 0 Å². The molecule has 1 atom stereocenters. The fraction of sp³-hybridized carbons (Fsp3) is 0.550. The third-order valence-electron chi connectivity index (χ3n) is 5.13. The predicted molar refractivity (Wildman–Crippen MR) is 103 cm³/mol. The van der Waals surface area contributed by atoms with Gasteiger partial charge in [0.2, 0.25) is 5.91 Å². The Balaban J connectivity index is 1.66. The second kappa shape index (κ2) is 9.27. The number of ether oxygens (including phenoxy) is 2. The zero-order valence-electron chi connectivity index (χ0n) is 17.0. The van der Waals surface area contributed by atoms with Gasteiger partial charge in [-0.3, -0.25) is 9.69 Å². The average molecular weight is 425 g/mol. The predicted octanol–water partition coefficient (Wildman–Crippen LogP) is 2.45. The topological polar surface area (TPSA) is 88.2 Å². The number of benzene rings is 1. The minimum atomic E-state index is -0.806. The summed E-state index contributed by atoms with van der Waals surface area (Å²) in [6.45, 7) is 2.15. The zero-order chi connectivity index (χ0) is 21.8. The van der Waals surface area contributed by atoms with Crippen molar-refractivity contribution >= 4 is 23.8 Å². The highest BCUT2D eigenvalue weighted by Crippen LogP contribution is 2.30. The molecule has 1 saturated carbocycles.